The van der Waals surface area contributed by atoms with Crippen molar-refractivity contribution in [3.8, 4) is 5.75 Å². The van der Waals surface area contributed by atoms with Gasteiger partial charge in [0, 0.05) is 5.56 Å². The van der Waals surface area contributed by atoms with Gasteiger partial charge in [0.2, 0.25) is 9.04 Å². The Morgan fingerprint density at radius 2 is 1.65 bits per heavy atom. The van der Waals surface area contributed by atoms with Gasteiger partial charge in [-0.15, -0.1) is 0 Å². The van der Waals surface area contributed by atoms with Crippen LogP contribution in [-0.4, -0.2) is 25.9 Å². The van der Waals surface area contributed by atoms with Crippen molar-refractivity contribution in [2.75, 3.05) is 7.11 Å². The molecule has 131 valence electrons. The minimum atomic E-state index is -4.52. The third-order valence-corrected chi connectivity index (χ3v) is 6.21. The first-order valence-electron chi connectivity index (χ1n) is 7.48. The van der Waals surface area contributed by atoms with E-state index in [1.54, 1.807) is 19.2 Å². The van der Waals surface area contributed by atoms with E-state index in [-0.39, 0.29) is 5.41 Å². The summed E-state index contributed by atoms with van der Waals surface area (Å²) in [6.45, 7) is 13.3. The van der Waals surface area contributed by atoms with E-state index in [4.69, 9.17) is 9.16 Å². The van der Waals surface area contributed by atoms with Crippen molar-refractivity contribution in [3.63, 3.8) is 0 Å². The van der Waals surface area contributed by atoms with Gasteiger partial charge in [0.25, 0.3) is 0 Å². The molecule has 0 aromatic heterocycles. The first-order valence-corrected chi connectivity index (χ1v) is 11.5. The highest BCUT2D eigenvalue weighted by Gasteiger charge is 2.46. The molecule has 0 saturated heterocycles. The zero-order chi connectivity index (χ0) is 18.2. The van der Waals surface area contributed by atoms with Crippen molar-refractivity contribution in [3.05, 3.63) is 28.8 Å². The molecule has 0 aliphatic rings. The van der Waals surface area contributed by atoms with Crippen molar-refractivity contribution >= 4 is 16.6 Å². The largest absolute Gasteiger partial charge is 0.496 e. The van der Waals surface area contributed by atoms with E-state index in [0.29, 0.717) is 11.3 Å². The Hall–Kier alpha value is -0.653. The monoisotopic (exact) mass is 359 g/mol. The van der Waals surface area contributed by atoms with Gasteiger partial charge in [-0.2, -0.15) is 0 Å². The predicted octanol–water partition coefficient (Wildman–Crippen LogP) is 3.92. The highest BCUT2D eigenvalue weighted by Crippen LogP contribution is 2.58. The summed E-state index contributed by atoms with van der Waals surface area (Å²) in [7, 11) is -4.28. The molecule has 1 rings (SSSR count). The topological polar surface area (TPSA) is 76.0 Å². The van der Waals surface area contributed by atoms with Gasteiger partial charge in [0.15, 0.2) is 5.34 Å². The molecule has 1 atom stereocenters. The third kappa shape index (κ3) is 4.25. The van der Waals surface area contributed by atoms with Crippen LogP contribution in [0.25, 0.3) is 0 Å². The maximum absolute atomic E-state index is 12.1. The van der Waals surface area contributed by atoms with Gasteiger partial charge in [-0.3, -0.25) is 4.57 Å². The Kier molecular flexibility index (Phi) is 5.93. The van der Waals surface area contributed by atoms with Crippen LogP contribution in [-0.2, 0) is 19.7 Å². The molecule has 5 nitrogen and oxygen atoms in total. The second-order valence-electron chi connectivity index (χ2n) is 7.16. The number of methoxy groups -OCH3 is 1. The third-order valence-electron chi connectivity index (χ3n) is 3.76. The number of hydrogen-bond acceptors (Lipinski definition) is 3. The van der Waals surface area contributed by atoms with E-state index in [0.717, 1.165) is 11.1 Å². The fourth-order valence-electron chi connectivity index (χ4n) is 2.83. The van der Waals surface area contributed by atoms with Crippen molar-refractivity contribution in [2.45, 2.75) is 58.5 Å². The molecule has 0 aliphatic carbocycles. The quantitative estimate of drug-likeness (QED) is 0.615. The molecule has 0 saturated carbocycles. The van der Waals surface area contributed by atoms with Crippen LogP contribution < -0.4 is 4.74 Å². The normalized spacial score (nSPS) is 15.6. The molecule has 0 spiro atoms. The molecule has 0 heterocycles. The molecular formula is C16H28O5PSi. The van der Waals surface area contributed by atoms with E-state index in [1.165, 1.54) is 6.92 Å². The van der Waals surface area contributed by atoms with Crippen molar-refractivity contribution in [1.82, 2.24) is 0 Å². The molecule has 1 aromatic rings. The van der Waals surface area contributed by atoms with Gasteiger partial charge in [0.1, 0.15) is 5.75 Å². The SMILES string of the molecule is COc1cc(C(C)(O[Si](C)C)P(=O)(O)O)cc(C)c1C(C)(C)C. The standard InChI is InChI=1S/C16H28O5PSi/c1-11-9-12(10-13(20-6)14(11)15(2,3)4)16(5,21-23(7)8)22(17,18)19/h9-10H,1-8H3,(H2,17,18,19). The second-order valence-corrected chi connectivity index (χ2v) is 11.1. The van der Waals surface area contributed by atoms with E-state index >= 15 is 0 Å². The van der Waals surface area contributed by atoms with E-state index in [2.05, 4.69) is 20.8 Å². The van der Waals surface area contributed by atoms with E-state index in [9.17, 15) is 14.4 Å². The van der Waals surface area contributed by atoms with E-state index < -0.39 is 22.0 Å². The van der Waals surface area contributed by atoms with E-state index in [1.807, 2.05) is 20.0 Å². The fourth-order valence-corrected chi connectivity index (χ4v) is 5.23. The van der Waals surface area contributed by atoms with Crippen molar-refractivity contribution in [1.29, 1.82) is 0 Å². The molecule has 7 heteroatoms. The summed E-state index contributed by atoms with van der Waals surface area (Å²) in [5.41, 5.74) is 2.25. The Bertz CT molecular complexity index is 618. The van der Waals surface area contributed by atoms with Gasteiger partial charge >= 0.3 is 7.60 Å². The van der Waals surface area contributed by atoms with Crippen molar-refractivity contribution < 1.29 is 23.5 Å². The molecular weight excluding hydrogens is 331 g/mol. The summed E-state index contributed by atoms with van der Waals surface area (Å²) < 4.78 is 23.4. The van der Waals surface area contributed by atoms with Crippen LogP contribution in [0.15, 0.2) is 12.1 Å². The smallest absolute Gasteiger partial charge is 0.360 e. The van der Waals surface area contributed by atoms with Crippen molar-refractivity contribution in [2.24, 2.45) is 0 Å². The maximum atomic E-state index is 12.1. The molecule has 23 heavy (non-hydrogen) atoms. The number of aryl methyl sites for hydroxylation is 1. The summed E-state index contributed by atoms with van der Waals surface area (Å²) in [5, 5.41) is -1.67. The minimum absolute atomic E-state index is 0.141. The Morgan fingerprint density at radius 1 is 1.13 bits per heavy atom. The van der Waals surface area contributed by atoms with Crippen LogP contribution in [0.4, 0.5) is 0 Å². The van der Waals surface area contributed by atoms with Gasteiger partial charge < -0.3 is 18.9 Å². The van der Waals surface area contributed by atoms with Gasteiger partial charge in [0.05, 0.1) is 7.11 Å². The maximum Gasteiger partial charge on any atom is 0.360 e. The zero-order valence-corrected chi connectivity index (χ0v) is 17.1. The number of hydrogen-bond donors (Lipinski definition) is 2. The lowest BCUT2D eigenvalue weighted by Gasteiger charge is -2.34. The molecule has 2 N–H and O–H groups in total. The van der Waals surface area contributed by atoms with Crippen LogP contribution >= 0.6 is 7.60 Å². The summed E-state index contributed by atoms with van der Waals surface area (Å²) in [5.74, 6) is 0.622. The number of rotatable bonds is 5. The van der Waals surface area contributed by atoms with Crippen LogP contribution in [0.1, 0.15) is 44.4 Å². The lowest BCUT2D eigenvalue weighted by atomic mass is 9.82. The van der Waals surface area contributed by atoms with Gasteiger partial charge in [-0.05, 0) is 49.5 Å². The fraction of sp³-hybridized carbons (Fsp3) is 0.625. The molecule has 1 unspecified atom stereocenters. The average molecular weight is 359 g/mol. The zero-order valence-electron chi connectivity index (χ0n) is 15.2. The lowest BCUT2D eigenvalue weighted by molar-refractivity contribution is 0.134. The molecule has 0 aliphatic heterocycles. The average Bonchev–Trinajstić information content (AvgIpc) is 2.33. The molecule has 1 aromatic carbocycles. The molecule has 0 amide bonds. The summed E-state index contributed by atoms with van der Waals surface area (Å²) in [6, 6.07) is 3.49. The van der Waals surface area contributed by atoms with Crippen LogP contribution in [0.3, 0.4) is 0 Å². The van der Waals surface area contributed by atoms with Crippen LogP contribution in [0.5, 0.6) is 5.75 Å². The Balaban J connectivity index is 3.65. The summed E-state index contributed by atoms with van der Waals surface area (Å²) in [4.78, 5) is 19.8. The van der Waals surface area contributed by atoms with Gasteiger partial charge in [-0.1, -0.05) is 26.8 Å². The highest BCUT2D eigenvalue weighted by atomic mass is 31.2. The lowest BCUT2D eigenvalue weighted by Crippen LogP contribution is -2.31. The molecule has 1 radical (unpaired) electrons. The summed E-state index contributed by atoms with van der Waals surface area (Å²) in [6.07, 6.45) is 0. The highest BCUT2D eigenvalue weighted by molar-refractivity contribution is 7.53. The number of ether oxygens (including phenoxy) is 1. The second kappa shape index (κ2) is 6.69. The molecule has 0 fully saturated rings. The van der Waals surface area contributed by atoms with Crippen LogP contribution in [0.2, 0.25) is 13.1 Å². The minimum Gasteiger partial charge on any atom is -0.496 e. The Morgan fingerprint density at radius 3 is 2.00 bits per heavy atom. The van der Waals surface area contributed by atoms with Gasteiger partial charge in [-0.25, -0.2) is 0 Å². The first-order chi connectivity index (χ1) is 10.2. The summed E-state index contributed by atoms with van der Waals surface area (Å²) >= 11 is 0. The predicted molar refractivity (Wildman–Crippen MR) is 94.4 cm³/mol. The number of benzene rings is 1. The Labute approximate surface area is 140 Å². The first kappa shape index (κ1) is 20.4. The molecule has 0 bridgehead atoms. The van der Waals surface area contributed by atoms with Crippen LogP contribution in [0, 0.1) is 6.92 Å².